The van der Waals surface area contributed by atoms with Crippen molar-refractivity contribution in [2.45, 2.75) is 6.92 Å². The van der Waals surface area contributed by atoms with E-state index in [0.29, 0.717) is 12.5 Å². The number of aromatic nitrogens is 2. The first-order valence-corrected chi connectivity index (χ1v) is 6.06. The summed E-state index contributed by atoms with van der Waals surface area (Å²) in [7, 11) is 0. The summed E-state index contributed by atoms with van der Waals surface area (Å²) in [5, 5.41) is 6.46. The molecule has 0 radical (unpaired) electrons. The lowest BCUT2D eigenvalue weighted by atomic mass is 10.2. The van der Waals surface area contributed by atoms with Crippen LogP contribution in [-0.2, 0) is 0 Å². The number of pyridine rings is 2. The first-order chi connectivity index (χ1) is 9.24. The third-order valence-electron chi connectivity index (χ3n) is 3.00. The van der Waals surface area contributed by atoms with Crippen LogP contribution in [0.2, 0.25) is 0 Å². The number of nitrogens with one attached hydrogen (secondary N) is 3. The van der Waals surface area contributed by atoms with Crippen molar-refractivity contribution in [2.24, 2.45) is 0 Å². The van der Waals surface area contributed by atoms with E-state index in [1.54, 1.807) is 18.5 Å². The molecule has 3 N–H and O–H groups in total. The van der Waals surface area contributed by atoms with Gasteiger partial charge in [0, 0.05) is 30.1 Å². The monoisotopic (exact) mass is 258 g/mol. The van der Waals surface area contributed by atoms with Gasteiger partial charge in [-0.15, -0.1) is 0 Å². The zero-order chi connectivity index (χ0) is 13.2. The Labute approximate surface area is 109 Å². The van der Waals surface area contributed by atoms with E-state index in [4.69, 9.17) is 4.74 Å². The topological polar surface area (TPSA) is 79.0 Å². The molecule has 0 atom stereocenters. The van der Waals surface area contributed by atoms with E-state index in [0.717, 1.165) is 29.2 Å². The molecule has 98 valence electrons. The summed E-state index contributed by atoms with van der Waals surface area (Å²) in [6.07, 6.45) is 3.32. The molecule has 19 heavy (non-hydrogen) atoms. The van der Waals surface area contributed by atoms with E-state index < -0.39 is 0 Å². The second kappa shape index (κ2) is 4.64. The summed E-state index contributed by atoms with van der Waals surface area (Å²) in [5.74, 6) is 0.625. The highest BCUT2D eigenvalue weighted by Gasteiger charge is 2.16. The zero-order valence-corrected chi connectivity index (χ0v) is 10.5. The Bertz CT molecular complexity index is 666. The summed E-state index contributed by atoms with van der Waals surface area (Å²) in [6.45, 7) is 3.38. The number of rotatable bonds is 2. The average molecular weight is 258 g/mol. The van der Waals surface area contributed by atoms with Crippen LogP contribution in [0, 0.1) is 6.92 Å². The van der Waals surface area contributed by atoms with E-state index in [9.17, 15) is 4.79 Å². The molecule has 0 saturated heterocycles. The van der Waals surface area contributed by atoms with Gasteiger partial charge in [-0.3, -0.25) is 4.79 Å². The fourth-order valence-electron chi connectivity index (χ4n) is 2.02. The van der Waals surface area contributed by atoms with Crippen LogP contribution in [0.3, 0.4) is 0 Å². The summed E-state index contributed by atoms with van der Waals surface area (Å²) in [5.41, 5.74) is 3.36. The third kappa shape index (κ3) is 2.24. The standard InChI is InChI=1S/C13H14N4O2/c1-8-10(17-9-2-3-14-11(18)6-9)7-16-13-12(8)15-4-5-19-13/h2-3,6-7,15H,4-5H2,1H3,(H2,14,17,18). The molecule has 0 bridgehead atoms. The highest BCUT2D eigenvalue weighted by molar-refractivity contribution is 5.72. The maximum Gasteiger partial charge on any atom is 0.249 e. The molecule has 0 amide bonds. The van der Waals surface area contributed by atoms with Gasteiger partial charge < -0.3 is 20.4 Å². The molecular weight excluding hydrogens is 244 g/mol. The van der Waals surface area contributed by atoms with E-state index >= 15 is 0 Å². The molecule has 6 heteroatoms. The van der Waals surface area contributed by atoms with Crippen LogP contribution in [-0.4, -0.2) is 23.1 Å². The molecule has 0 aliphatic carbocycles. The van der Waals surface area contributed by atoms with Crippen molar-refractivity contribution >= 4 is 17.1 Å². The lowest BCUT2D eigenvalue weighted by molar-refractivity contribution is 0.310. The quantitative estimate of drug-likeness (QED) is 0.763. The molecule has 0 unspecified atom stereocenters. The van der Waals surface area contributed by atoms with Crippen LogP contribution in [0.4, 0.5) is 17.1 Å². The van der Waals surface area contributed by atoms with Crippen molar-refractivity contribution < 1.29 is 4.74 Å². The first kappa shape index (κ1) is 11.6. The largest absolute Gasteiger partial charge is 0.474 e. The van der Waals surface area contributed by atoms with Gasteiger partial charge in [-0.25, -0.2) is 4.98 Å². The maximum absolute atomic E-state index is 11.3. The zero-order valence-electron chi connectivity index (χ0n) is 10.5. The lowest BCUT2D eigenvalue weighted by Crippen LogP contribution is -2.20. The summed E-state index contributed by atoms with van der Waals surface area (Å²) < 4.78 is 5.47. The Morgan fingerprint density at radius 2 is 2.37 bits per heavy atom. The number of H-pyrrole nitrogens is 1. The Kier molecular flexibility index (Phi) is 2.83. The van der Waals surface area contributed by atoms with Crippen molar-refractivity contribution in [3.05, 3.63) is 40.4 Å². The SMILES string of the molecule is Cc1c(Nc2cc[nH]c(=O)c2)cnc2c1NCCO2. The van der Waals surface area contributed by atoms with Gasteiger partial charge in [-0.1, -0.05) is 0 Å². The average Bonchev–Trinajstić information content (AvgIpc) is 2.42. The molecule has 1 aliphatic heterocycles. The van der Waals surface area contributed by atoms with Crippen LogP contribution >= 0.6 is 0 Å². The normalized spacial score (nSPS) is 13.1. The smallest absolute Gasteiger partial charge is 0.249 e. The molecule has 0 spiro atoms. The van der Waals surface area contributed by atoms with Crippen LogP contribution < -0.4 is 20.9 Å². The molecule has 0 fully saturated rings. The Balaban J connectivity index is 1.95. The predicted molar refractivity (Wildman–Crippen MR) is 73.3 cm³/mol. The van der Waals surface area contributed by atoms with Crippen LogP contribution in [0.25, 0.3) is 0 Å². The first-order valence-electron chi connectivity index (χ1n) is 6.06. The minimum absolute atomic E-state index is 0.143. The molecule has 3 rings (SSSR count). The minimum Gasteiger partial charge on any atom is -0.474 e. The number of ether oxygens (including phenoxy) is 1. The molecule has 2 aromatic heterocycles. The number of anilines is 3. The third-order valence-corrected chi connectivity index (χ3v) is 3.00. The number of hydrogen-bond acceptors (Lipinski definition) is 5. The highest BCUT2D eigenvalue weighted by atomic mass is 16.5. The molecule has 1 aliphatic rings. The van der Waals surface area contributed by atoms with E-state index in [2.05, 4.69) is 20.6 Å². The van der Waals surface area contributed by atoms with Gasteiger partial charge in [-0.2, -0.15) is 0 Å². The van der Waals surface area contributed by atoms with Crippen molar-refractivity contribution in [3.8, 4) is 5.88 Å². The van der Waals surface area contributed by atoms with Gasteiger partial charge >= 0.3 is 0 Å². The van der Waals surface area contributed by atoms with Crippen molar-refractivity contribution in [3.63, 3.8) is 0 Å². The number of nitrogens with zero attached hydrogens (tertiary/aromatic N) is 1. The Morgan fingerprint density at radius 3 is 3.21 bits per heavy atom. The number of hydrogen-bond donors (Lipinski definition) is 3. The van der Waals surface area contributed by atoms with Crippen LogP contribution in [0.1, 0.15) is 5.56 Å². The minimum atomic E-state index is -0.143. The van der Waals surface area contributed by atoms with Gasteiger partial charge in [0.05, 0.1) is 11.9 Å². The summed E-state index contributed by atoms with van der Waals surface area (Å²) in [4.78, 5) is 18.1. The van der Waals surface area contributed by atoms with Gasteiger partial charge in [0.15, 0.2) is 0 Å². The van der Waals surface area contributed by atoms with E-state index in [1.165, 1.54) is 6.07 Å². The predicted octanol–water partition coefficient (Wildman–Crippen LogP) is 1.63. The van der Waals surface area contributed by atoms with Crippen molar-refractivity contribution in [1.29, 1.82) is 0 Å². The van der Waals surface area contributed by atoms with Crippen LogP contribution in [0.15, 0.2) is 29.3 Å². The van der Waals surface area contributed by atoms with Gasteiger partial charge in [0.25, 0.3) is 0 Å². The van der Waals surface area contributed by atoms with Crippen LogP contribution in [0.5, 0.6) is 5.88 Å². The molecule has 0 aromatic carbocycles. The molecule has 6 nitrogen and oxygen atoms in total. The Hall–Kier alpha value is -2.50. The van der Waals surface area contributed by atoms with Gasteiger partial charge in [0.1, 0.15) is 12.3 Å². The van der Waals surface area contributed by atoms with Crippen molar-refractivity contribution in [2.75, 3.05) is 23.8 Å². The second-order valence-electron chi connectivity index (χ2n) is 4.32. The molecular formula is C13H14N4O2. The summed E-state index contributed by atoms with van der Waals surface area (Å²) in [6, 6.07) is 3.30. The lowest BCUT2D eigenvalue weighted by Gasteiger charge is -2.21. The molecule has 0 saturated carbocycles. The van der Waals surface area contributed by atoms with Crippen molar-refractivity contribution in [1.82, 2.24) is 9.97 Å². The van der Waals surface area contributed by atoms with E-state index in [1.807, 2.05) is 6.92 Å². The Morgan fingerprint density at radius 1 is 1.47 bits per heavy atom. The van der Waals surface area contributed by atoms with E-state index in [-0.39, 0.29) is 5.56 Å². The fourth-order valence-corrected chi connectivity index (χ4v) is 2.02. The second-order valence-corrected chi connectivity index (χ2v) is 4.32. The highest BCUT2D eigenvalue weighted by Crippen LogP contribution is 2.33. The number of aromatic amines is 1. The summed E-state index contributed by atoms with van der Waals surface area (Å²) >= 11 is 0. The maximum atomic E-state index is 11.3. The fraction of sp³-hybridized carbons (Fsp3) is 0.231. The molecule has 2 aromatic rings. The number of fused-ring (bicyclic) bond motifs is 1. The van der Waals surface area contributed by atoms with Gasteiger partial charge in [0.2, 0.25) is 11.4 Å². The molecule has 3 heterocycles. The van der Waals surface area contributed by atoms with Gasteiger partial charge in [-0.05, 0) is 13.0 Å².